The fraction of sp³-hybridized carbons (Fsp3) is 0.312. The van der Waals surface area contributed by atoms with E-state index in [1.807, 2.05) is 41.3 Å². The minimum atomic E-state index is -0.252. The summed E-state index contributed by atoms with van der Waals surface area (Å²) in [5.74, 6) is -0.0810. The Hall–Kier alpha value is -4.06. The summed E-state index contributed by atoms with van der Waals surface area (Å²) in [4.78, 5) is 37.9. The Morgan fingerprint density at radius 2 is 1.42 bits per heavy atom. The highest BCUT2D eigenvalue weighted by Crippen LogP contribution is 2.45. The van der Waals surface area contributed by atoms with Crippen molar-refractivity contribution in [2.45, 2.75) is 50.1 Å². The van der Waals surface area contributed by atoms with Crippen LogP contribution in [0.5, 0.6) is 0 Å². The Kier molecular flexibility index (Phi) is 5.68. The number of benzene rings is 3. The first-order chi connectivity index (χ1) is 18.7. The number of ketones is 1. The number of aromatic nitrogens is 2. The zero-order chi connectivity index (χ0) is 25.6. The van der Waals surface area contributed by atoms with E-state index < -0.39 is 0 Å². The lowest BCUT2D eigenvalue weighted by Gasteiger charge is -2.47. The summed E-state index contributed by atoms with van der Waals surface area (Å²) >= 11 is 0. The van der Waals surface area contributed by atoms with Crippen LogP contribution in [0.2, 0.25) is 0 Å². The molecule has 0 N–H and O–H groups in total. The number of piperidine rings is 2. The lowest BCUT2D eigenvalue weighted by molar-refractivity contribution is 0.00641. The van der Waals surface area contributed by atoms with Gasteiger partial charge < -0.3 is 9.64 Å². The van der Waals surface area contributed by atoms with Gasteiger partial charge in [0.25, 0.3) is 0 Å². The van der Waals surface area contributed by atoms with Crippen LogP contribution < -0.4 is 0 Å². The van der Waals surface area contributed by atoms with Crippen LogP contribution in [0.25, 0.3) is 22.2 Å². The average molecular weight is 504 g/mol. The first-order valence-corrected chi connectivity index (χ1v) is 13.6. The van der Waals surface area contributed by atoms with Gasteiger partial charge in [-0.25, -0.2) is 9.78 Å². The van der Waals surface area contributed by atoms with Crippen molar-refractivity contribution in [1.82, 2.24) is 14.9 Å². The smallest absolute Gasteiger partial charge is 0.410 e. The van der Waals surface area contributed by atoms with Crippen molar-refractivity contribution in [3.63, 3.8) is 0 Å². The lowest BCUT2D eigenvalue weighted by Crippen LogP contribution is -2.56. The number of nitrogens with zero attached hydrogens (tertiary/aromatic N) is 3. The summed E-state index contributed by atoms with van der Waals surface area (Å²) < 4.78 is 6.02. The van der Waals surface area contributed by atoms with Crippen molar-refractivity contribution >= 4 is 22.9 Å². The quantitative estimate of drug-likeness (QED) is 0.302. The van der Waals surface area contributed by atoms with Crippen LogP contribution in [0.3, 0.4) is 0 Å². The Morgan fingerprint density at radius 3 is 2.11 bits per heavy atom. The molecule has 3 heterocycles. The van der Waals surface area contributed by atoms with Crippen LogP contribution in [0.4, 0.5) is 4.79 Å². The van der Waals surface area contributed by atoms with Crippen LogP contribution in [0.1, 0.15) is 59.6 Å². The van der Waals surface area contributed by atoms with E-state index in [2.05, 4.69) is 46.4 Å². The number of hydrogen-bond donors (Lipinski definition) is 0. The van der Waals surface area contributed by atoms with E-state index in [1.165, 1.54) is 22.3 Å². The van der Waals surface area contributed by atoms with Gasteiger partial charge in [-0.05, 0) is 66.5 Å². The van der Waals surface area contributed by atoms with Gasteiger partial charge in [0.2, 0.25) is 0 Å². The maximum absolute atomic E-state index is 13.5. The second kappa shape index (κ2) is 9.35. The highest BCUT2D eigenvalue weighted by Gasteiger charge is 2.44. The normalized spacial score (nSPS) is 22.1. The molecule has 6 heteroatoms. The number of carbonyl (C=O) groups is 2. The van der Waals surface area contributed by atoms with Gasteiger partial charge in [-0.1, -0.05) is 60.7 Å². The molecule has 6 nitrogen and oxygen atoms in total. The van der Waals surface area contributed by atoms with Gasteiger partial charge in [-0.15, -0.1) is 0 Å². The largest absolute Gasteiger partial charge is 0.448 e. The molecule has 2 unspecified atom stereocenters. The van der Waals surface area contributed by atoms with Crippen LogP contribution >= 0.6 is 0 Å². The number of hydrogen-bond acceptors (Lipinski definition) is 5. The van der Waals surface area contributed by atoms with Crippen molar-refractivity contribution in [3.8, 4) is 11.1 Å². The predicted octanol–water partition coefficient (Wildman–Crippen LogP) is 6.39. The van der Waals surface area contributed by atoms with Crippen LogP contribution in [0, 0.1) is 5.92 Å². The maximum Gasteiger partial charge on any atom is 0.410 e. The summed E-state index contributed by atoms with van der Waals surface area (Å²) in [5, 5.41) is 0. The third-order valence-electron chi connectivity index (χ3n) is 8.59. The summed E-state index contributed by atoms with van der Waals surface area (Å²) in [5.41, 5.74) is 6.79. The molecule has 0 saturated carbocycles. The first-order valence-electron chi connectivity index (χ1n) is 13.6. The van der Waals surface area contributed by atoms with Gasteiger partial charge in [0, 0.05) is 23.9 Å². The van der Waals surface area contributed by atoms with Gasteiger partial charge in [0.15, 0.2) is 5.78 Å². The molecule has 38 heavy (non-hydrogen) atoms. The molecule has 190 valence electrons. The van der Waals surface area contributed by atoms with E-state index in [9.17, 15) is 9.59 Å². The lowest BCUT2D eigenvalue weighted by atomic mass is 9.76. The number of fused-ring (bicyclic) bond motifs is 6. The van der Waals surface area contributed by atoms with Gasteiger partial charge in [0.05, 0.1) is 17.2 Å². The molecule has 1 aromatic heterocycles. The molecule has 1 aliphatic carbocycles. The molecule has 2 bridgehead atoms. The van der Waals surface area contributed by atoms with Crippen molar-refractivity contribution in [2.24, 2.45) is 5.92 Å². The Bertz CT molecular complexity index is 1490. The topological polar surface area (TPSA) is 72.4 Å². The van der Waals surface area contributed by atoms with E-state index in [0.29, 0.717) is 25.1 Å². The molecule has 2 atom stereocenters. The van der Waals surface area contributed by atoms with Crippen molar-refractivity contribution < 1.29 is 14.3 Å². The number of carbonyl (C=O) groups excluding carboxylic acids is 2. The van der Waals surface area contributed by atoms with Gasteiger partial charge in [-0.2, -0.15) is 0 Å². The van der Waals surface area contributed by atoms with E-state index in [-0.39, 0.29) is 35.8 Å². The Balaban J connectivity index is 1.07. The summed E-state index contributed by atoms with van der Waals surface area (Å²) in [6, 6.07) is 24.4. The van der Waals surface area contributed by atoms with E-state index >= 15 is 0 Å². The Labute approximate surface area is 221 Å². The summed E-state index contributed by atoms with van der Waals surface area (Å²) in [6.07, 6.45) is 5.50. The SMILES string of the molecule is O=C(c1cnc2ccccc2n1)C1CC2CCCC(C1)N2C(=O)OCC1c2ccccc2-c2ccccc21. The van der Waals surface area contributed by atoms with Gasteiger partial charge >= 0.3 is 6.09 Å². The zero-order valence-electron chi connectivity index (χ0n) is 21.1. The molecule has 2 aliphatic heterocycles. The molecule has 7 rings (SSSR count). The van der Waals surface area contributed by atoms with Crippen LogP contribution in [-0.4, -0.2) is 45.4 Å². The maximum atomic E-state index is 13.5. The molecule has 0 radical (unpaired) electrons. The van der Waals surface area contributed by atoms with Crippen molar-refractivity contribution in [1.29, 1.82) is 0 Å². The minimum absolute atomic E-state index is 0.0144. The second-order valence-corrected chi connectivity index (χ2v) is 10.7. The minimum Gasteiger partial charge on any atom is -0.448 e. The van der Waals surface area contributed by atoms with Gasteiger partial charge in [0.1, 0.15) is 12.3 Å². The average Bonchev–Trinajstić information content (AvgIpc) is 3.28. The molecular weight excluding hydrogens is 474 g/mol. The first kappa shape index (κ1) is 23.1. The molecule has 4 aromatic rings. The highest BCUT2D eigenvalue weighted by molar-refractivity contribution is 5.97. The van der Waals surface area contributed by atoms with E-state index in [0.717, 1.165) is 30.3 Å². The Morgan fingerprint density at radius 1 is 0.816 bits per heavy atom. The number of Topliss-reactive ketones (excluding diaryl/α,β-unsaturated/α-hetero) is 1. The highest BCUT2D eigenvalue weighted by atomic mass is 16.6. The van der Waals surface area contributed by atoms with E-state index in [4.69, 9.17) is 4.74 Å². The fourth-order valence-corrected chi connectivity index (χ4v) is 6.85. The summed E-state index contributed by atoms with van der Waals surface area (Å²) in [6.45, 7) is 0.317. The third-order valence-corrected chi connectivity index (χ3v) is 8.59. The summed E-state index contributed by atoms with van der Waals surface area (Å²) in [7, 11) is 0. The second-order valence-electron chi connectivity index (χ2n) is 10.7. The zero-order valence-corrected chi connectivity index (χ0v) is 21.1. The standard InChI is InChI=1S/C32H29N3O3/c36-31(30-18-33-28-14-5-6-15-29(28)34-30)20-16-21-8-7-9-22(17-20)35(21)32(37)38-19-27-25-12-3-1-10-23(25)24-11-2-4-13-26(24)27/h1-6,10-15,18,20-22,27H,7-9,16-17,19H2. The third kappa shape index (κ3) is 3.87. The monoisotopic (exact) mass is 503 g/mol. The van der Waals surface area contributed by atoms with Gasteiger partial charge in [-0.3, -0.25) is 9.78 Å². The molecule has 2 fully saturated rings. The molecule has 0 spiro atoms. The van der Waals surface area contributed by atoms with E-state index in [1.54, 1.807) is 6.20 Å². The molecule has 3 aliphatic rings. The number of rotatable bonds is 4. The molecule has 1 amide bonds. The van der Waals surface area contributed by atoms with Crippen LogP contribution in [0.15, 0.2) is 79.0 Å². The molecular formula is C32H29N3O3. The van der Waals surface area contributed by atoms with Crippen molar-refractivity contribution in [3.05, 3.63) is 95.8 Å². The molecule has 3 aromatic carbocycles. The molecule has 2 saturated heterocycles. The number of amides is 1. The van der Waals surface area contributed by atoms with Crippen molar-refractivity contribution in [2.75, 3.05) is 6.61 Å². The fourth-order valence-electron chi connectivity index (χ4n) is 6.85. The number of ether oxygens (including phenoxy) is 1. The predicted molar refractivity (Wildman–Crippen MR) is 145 cm³/mol. The van der Waals surface area contributed by atoms with Crippen LogP contribution in [-0.2, 0) is 4.74 Å². The number of para-hydroxylation sites is 2.